The van der Waals surface area contributed by atoms with Gasteiger partial charge in [0.05, 0.1) is 11.1 Å². The Kier molecular flexibility index (Phi) is 4.48. The van der Waals surface area contributed by atoms with Gasteiger partial charge >= 0.3 is 0 Å². The molecule has 1 saturated carbocycles. The maximum atomic E-state index is 12.3. The van der Waals surface area contributed by atoms with Gasteiger partial charge in [-0.25, -0.2) is 0 Å². The number of nitrogens with one attached hydrogen (secondary N) is 1. The van der Waals surface area contributed by atoms with Gasteiger partial charge in [0.15, 0.2) is 0 Å². The predicted octanol–water partition coefficient (Wildman–Crippen LogP) is 0.552. The highest BCUT2D eigenvalue weighted by Gasteiger charge is 2.39. The smallest absolute Gasteiger partial charge is 0.240 e. The van der Waals surface area contributed by atoms with E-state index < -0.39 is 11.1 Å². The Hall–Kier alpha value is -0.650. The Morgan fingerprint density at radius 3 is 2.74 bits per heavy atom. The lowest BCUT2D eigenvalue weighted by Gasteiger charge is -2.37. The van der Waals surface area contributed by atoms with E-state index in [1.165, 1.54) is 0 Å². The van der Waals surface area contributed by atoms with Crippen molar-refractivity contribution in [2.75, 3.05) is 19.8 Å². The molecule has 0 bridgehead atoms. The predicted molar refractivity (Wildman–Crippen MR) is 72.6 cm³/mol. The molecule has 1 heterocycles. The number of aliphatic hydroxyl groups is 1. The molecule has 2 atom stereocenters. The van der Waals surface area contributed by atoms with Crippen molar-refractivity contribution < 1.29 is 14.6 Å². The van der Waals surface area contributed by atoms with Crippen molar-refractivity contribution in [2.24, 2.45) is 11.7 Å². The molecule has 2 aliphatic rings. The monoisotopic (exact) mass is 270 g/mol. The molecular formula is C14H26N2O3. The molecule has 0 aromatic rings. The van der Waals surface area contributed by atoms with Crippen LogP contribution < -0.4 is 11.1 Å². The Labute approximate surface area is 114 Å². The molecule has 2 unspecified atom stereocenters. The molecule has 1 saturated heterocycles. The standard InChI is InChI=1S/C14H26N2O3/c1-11-3-2-4-14(15,9-11)12(17)16-10-13(18)5-7-19-8-6-13/h11,18H,2-10,15H2,1H3,(H,16,17). The molecule has 2 fully saturated rings. The molecule has 5 nitrogen and oxygen atoms in total. The maximum absolute atomic E-state index is 12.3. The summed E-state index contributed by atoms with van der Waals surface area (Å²) >= 11 is 0. The molecule has 1 amide bonds. The zero-order chi connectivity index (χ0) is 13.9. The normalized spacial score (nSPS) is 34.8. The first-order valence-electron chi connectivity index (χ1n) is 7.31. The molecule has 0 aromatic heterocycles. The molecule has 2 rings (SSSR count). The van der Waals surface area contributed by atoms with E-state index in [1.54, 1.807) is 0 Å². The quantitative estimate of drug-likeness (QED) is 0.699. The van der Waals surface area contributed by atoms with Gasteiger partial charge in [-0.2, -0.15) is 0 Å². The number of carbonyl (C=O) groups is 1. The van der Waals surface area contributed by atoms with E-state index in [0.717, 1.165) is 25.7 Å². The zero-order valence-electron chi connectivity index (χ0n) is 11.8. The second kappa shape index (κ2) is 5.77. The number of hydrogen-bond acceptors (Lipinski definition) is 4. The lowest BCUT2D eigenvalue weighted by molar-refractivity contribution is -0.130. The molecule has 19 heavy (non-hydrogen) atoms. The van der Waals surface area contributed by atoms with Crippen LogP contribution in [-0.4, -0.2) is 41.9 Å². The van der Waals surface area contributed by atoms with Crippen molar-refractivity contribution in [1.29, 1.82) is 0 Å². The van der Waals surface area contributed by atoms with Crippen LogP contribution in [-0.2, 0) is 9.53 Å². The number of nitrogens with two attached hydrogens (primary N) is 1. The Morgan fingerprint density at radius 1 is 1.42 bits per heavy atom. The summed E-state index contributed by atoms with van der Waals surface area (Å²) in [6, 6.07) is 0. The average Bonchev–Trinajstić information content (AvgIpc) is 2.36. The highest BCUT2D eigenvalue weighted by Crippen LogP contribution is 2.30. The van der Waals surface area contributed by atoms with E-state index in [-0.39, 0.29) is 12.5 Å². The van der Waals surface area contributed by atoms with Crippen LogP contribution in [0.1, 0.15) is 45.4 Å². The topological polar surface area (TPSA) is 84.6 Å². The van der Waals surface area contributed by atoms with Crippen LogP contribution in [0.2, 0.25) is 0 Å². The van der Waals surface area contributed by atoms with Crippen LogP contribution in [0.4, 0.5) is 0 Å². The molecule has 0 aromatic carbocycles. The molecule has 110 valence electrons. The molecular weight excluding hydrogens is 244 g/mol. The summed E-state index contributed by atoms with van der Waals surface area (Å²) in [5.41, 5.74) is 4.65. The fourth-order valence-electron chi connectivity index (χ4n) is 3.15. The molecule has 1 aliphatic heterocycles. The lowest BCUT2D eigenvalue weighted by Crippen LogP contribution is -2.58. The third kappa shape index (κ3) is 3.68. The van der Waals surface area contributed by atoms with Crippen molar-refractivity contribution in [3.8, 4) is 0 Å². The van der Waals surface area contributed by atoms with E-state index >= 15 is 0 Å². The van der Waals surface area contributed by atoms with Crippen LogP contribution in [0.25, 0.3) is 0 Å². The van der Waals surface area contributed by atoms with Crippen LogP contribution in [0.15, 0.2) is 0 Å². The van der Waals surface area contributed by atoms with E-state index in [9.17, 15) is 9.90 Å². The first-order chi connectivity index (χ1) is 8.94. The summed E-state index contributed by atoms with van der Waals surface area (Å²) in [6.07, 6.45) is 4.77. The van der Waals surface area contributed by atoms with Gasteiger partial charge in [-0.3, -0.25) is 4.79 Å². The molecule has 5 heteroatoms. The summed E-state index contributed by atoms with van der Waals surface area (Å²) in [6.45, 7) is 3.52. The second-order valence-corrected chi connectivity index (χ2v) is 6.38. The van der Waals surface area contributed by atoms with Gasteiger partial charge in [0.2, 0.25) is 5.91 Å². The first-order valence-corrected chi connectivity index (χ1v) is 7.31. The van der Waals surface area contributed by atoms with Gasteiger partial charge < -0.3 is 20.9 Å². The minimum absolute atomic E-state index is 0.112. The van der Waals surface area contributed by atoms with Gasteiger partial charge in [-0.05, 0) is 18.8 Å². The Bertz CT molecular complexity index is 329. The Morgan fingerprint density at radius 2 is 2.11 bits per heavy atom. The summed E-state index contributed by atoms with van der Waals surface area (Å²) in [5, 5.41) is 13.2. The summed E-state index contributed by atoms with van der Waals surface area (Å²) in [4.78, 5) is 12.3. The van der Waals surface area contributed by atoms with Crippen molar-refractivity contribution in [2.45, 2.75) is 56.6 Å². The molecule has 1 aliphatic carbocycles. The number of ether oxygens (including phenoxy) is 1. The SMILES string of the molecule is CC1CCCC(N)(C(=O)NCC2(O)CCOCC2)C1. The van der Waals surface area contributed by atoms with E-state index in [4.69, 9.17) is 10.5 Å². The minimum atomic E-state index is -0.829. The molecule has 0 spiro atoms. The van der Waals surface area contributed by atoms with Crippen molar-refractivity contribution in [3.63, 3.8) is 0 Å². The number of amides is 1. The number of rotatable bonds is 3. The molecule has 0 radical (unpaired) electrons. The first kappa shape index (κ1) is 14.8. The summed E-state index contributed by atoms with van der Waals surface area (Å²) in [7, 11) is 0. The van der Waals surface area contributed by atoms with E-state index in [0.29, 0.717) is 32.0 Å². The fourth-order valence-corrected chi connectivity index (χ4v) is 3.15. The second-order valence-electron chi connectivity index (χ2n) is 6.38. The van der Waals surface area contributed by atoms with E-state index in [2.05, 4.69) is 12.2 Å². The average molecular weight is 270 g/mol. The van der Waals surface area contributed by atoms with Crippen LogP contribution in [0.3, 0.4) is 0 Å². The zero-order valence-corrected chi connectivity index (χ0v) is 11.8. The van der Waals surface area contributed by atoms with Crippen LogP contribution in [0.5, 0.6) is 0 Å². The van der Waals surface area contributed by atoms with Gasteiger partial charge in [0.1, 0.15) is 0 Å². The third-order valence-electron chi connectivity index (χ3n) is 4.49. The van der Waals surface area contributed by atoms with Gasteiger partial charge in [0.25, 0.3) is 0 Å². The Balaban J connectivity index is 1.86. The van der Waals surface area contributed by atoms with Crippen molar-refractivity contribution in [3.05, 3.63) is 0 Å². The number of hydrogen-bond donors (Lipinski definition) is 3. The van der Waals surface area contributed by atoms with Gasteiger partial charge in [0, 0.05) is 32.6 Å². The third-order valence-corrected chi connectivity index (χ3v) is 4.49. The van der Waals surface area contributed by atoms with Crippen molar-refractivity contribution in [1.82, 2.24) is 5.32 Å². The summed E-state index contributed by atoms with van der Waals surface area (Å²) < 4.78 is 5.22. The fraction of sp³-hybridized carbons (Fsp3) is 0.929. The number of carbonyl (C=O) groups excluding carboxylic acids is 1. The summed E-state index contributed by atoms with van der Waals surface area (Å²) in [5.74, 6) is 0.384. The van der Waals surface area contributed by atoms with Crippen molar-refractivity contribution >= 4 is 5.91 Å². The minimum Gasteiger partial charge on any atom is -0.388 e. The highest BCUT2D eigenvalue weighted by molar-refractivity contribution is 5.86. The lowest BCUT2D eigenvalue weighted by atomic mass is 9.76. The van der Waals surface area contributed by atoms with Crippen LogP contribution >= 0.6 is 0 Å². The maximum Gasteiger partial charge on any atom is 0.240 e. The highest BCUT2D eigenvalue weighted by atomic mass is 16.5. The largest absolute Gasteiger partial charge is 0.388 e. The van der Waals surface area contributed by atoms with Gasteiger partial charge in [-0.15, -0.1) is 0 Å². The molecule has 4 N–H and O–H groups in total. The van der Waals surface area contributed by atoms with E-state index in [1.807, 2.05) is 0 Å². The van der Waals surface area contributed by atoms with Crippen LogP contribution in [0, 0.1) is 5.92 Å². The van der Waals surface area contributed by atoms with Gasteiger partial charge in [-0.1, -0.05) is 19.8 Å².